The Labute approximate surface area is 195 Å². The number of rotatable bonds is 11. The standard InChI is InChI=1S/C24H28BrN3O4/c1-32-22-13-17(24(30)26-11-5-3-2-4-6-23(29)28-31)8-7-16(22)12-18-15-27-21-10-9-19(25)14-20(18)21/h7-10,13-15,27,31H,2-6,11-12H2,1H3,(H,26,30)(H,28,29). The number of nitrogens with one attached hydrogen (secondary N) is 3. The lowest BCUT2D eigenvalue weighted by Gasteiger charge is -2.11. The van der Waals surface area contributed by atoms with Crippen molar-refractivity contribution in [2.24, 2.45) is 0 Å². The minimum atomic E-state index is -0.367. The zero-order valence-corrected chi connectivity index (χ0v) is 19.6. The van der Waals surface area contributed by atoms with E-state index in [2.05, 4.69) is 32.3 Å². The minimum absolute atomic E-state index is 0.134. The van der Waals surface area contributed by atoms with E-state index in [1.54, 1.807) is 18.7 Å². The average Bonchev–Trinajstić information content (AvgIpc) is 3.19. The summed E-state index contributed by atoms with van der Waals surface area (Å²) in [6.45, 7) is 0.569. The fraction of sp³-hybridized carbons (Fsp3) is 0.333. The van der Waals surface area contributed by atoms with E-state index in [1.807, 2.05) is 30.5 Å². The van der Waals surface area contributed by atoms with Crippen molar-refractivity contribution in [2.45, 2.75) is 38.5 Å². The molecule has 0 unspecified atom stereocenters. The smallest absolute Gasteiger partial charge is 0.251 e. The van der Waals surface area contributed by atoms with Gasteiger partial charge in [0.1, 0.15) is 5.75 Å². The molecule has 0 saturated carbocycles. The topological polar surface area (TPSA) is 103 Å². The summed E-state index contributed by atoms with van der Waals surface area (Å²) in [6.07, 6.45) is 6.33. The van der Waals surface area contributed by atoms with Gasteiger partial charge in [-0.2, -0.15) is 0 Å². The Morgan fingerprint density at radius 3 is 2.66 bits per heavy atom. The Hall–Kier alpha value is -2.84. The molecule has 2 amide bonds. The maximum Gasteiger partial charge on any atom is 0.251 e. The van der Waals surface area contributed by atoms with Crippen LogP contribution >= 0.6 is 15.9 Å². The highest BCUT2D eigenvalue weighted by molar-refractivity contribution is 9.10. The summed E-state index contributed by atoms with van der Waals surface area (Å²) in [5, 5.41) is 12.5. The number of carbonyl (C=O) groups is 2. The minimum Gasteiger partial charge on any atom is -0.496 e. The number of ether oxygens (including phenoxy) is 1. The van der Waals surface area contributed by atoms with Crippen molar-refractivity contribution in [1.82, 2.24) is 15.8 Å². The Morgan fingerprint density at radius 2 is 1.88 bits per heavy atom. The first-order valence-electron chi connectivity index (χ1n) is 10.7. The normalized spacial score (nSPS) is 10.8. The van der Waals surface area contributed by atoms with Gasteiger partial charge in [0.05, 0.1) is 7.11 Å². The Kier molecular flexibility index (Phi) is 8.70. The van der Waals surface area contributed by atoms with Crippen molar-refractivity contribution in [2.75, 3.05) is 13.7 Å². The van der Waals surface area contributed by atoms with Gasteiger partial charge in [0, 0.05) is 46.5 Å². The monoisotopic (exact) mass is 501 g/mol. The quantitative estimate of drug-likeness (QED) is 0.173. The van der Waals surface area contributed by atoms with E-state index in [1.165, 1.54) is 0 Å². The van der Waals surface area contributed by atoms with Gasteiger partial charge in [-0.3, -0.25) is 14.8 Å². The molecule has 0 aliphatic carbocycles. The van der Waals surface area contributed by atoms with Crippen molar-refractivity contribution in [3.63, 3.8) is 0 Å². The molecule has 0 fully saturated rings. The Morgan fingerprint density at radius 1 is 1.06 bits per heavy atom. The molecule has 7 nitrogen and oxygen atoms in total. The maximum atomic E-state index is 12.5. The van der Waals surface area contributed by atoms with Crippen LogP contribution in [0.4, 0.5) is 0 Å². The third kappa shape index (κ3) is 6.34. The number of H-pyrrole nitrogens is 1. The lowest BCUT2D eigenvalue weighted by molar-refractivity contribution is -0.129. The van der Waals surface area contributed by atoms with Crippen LogP contribution < -0.4 is 15.5 Å². The molecule has 0 saturated heterocycles. The summed E-state index contributed by atoms with van der Waals surface area (Å²) in [6, 6.07) is 11.7. The zero-order chi connectivity index (χ0) is 22.9. The number of unbranched alkanes of at least 4 members (excludes halogenated alkanes) is 3. The molecule has 1 aromatic heterocycles. The molecule has 0 aliphatic rings. The Balaban J connectivity index is 1.54. The number of hydroxylamine groups is 1. The zero-order valence-electron chi connectivity index (χ0n) is 18.0. The molecule has 0 radical (unpaired) electrons. The van der Waals surface area contributed by atoms with E-state index >= 15 is 0 Å². The molecule has 8 heteroatoms. The van der Waals surface area contributed by atoms with Crippen LogP contribution in [0, 0.1) is 0 Å². The highest BCUT2D eigenvalue weighted by Crippen LogP contribution is 2.28. The number of benzene rings is 2. The highest BCUT2D eigenvalue weighted by Gasteiger charge is 2.13. The third-order valence-corrected chi connectivity index (χ3v) is 5.89. The second-order valence-electron chi connectivity index (χ2n) is 7.66. The molecule has 3 aromatic rings. The van der Waals surface area contributed by atoms with Crippen LogP contribution in [0.2, 0.25) is 0 Å². The average molecular weight is 502 g/mol. The SMILES string of the molecule is COc1cc(C(=O)NCCCCCCC(=O)NO)ccc1Cc1c[nH]c2ccc(Br)cc12. The van der Waals surface area contributed by atoms with Gasteiger partial charge in [0.15, 0.2) is 0 Å². The van der Waals surface area contributed by atoms with Crippen LogP contribution in [0.25, 0.3) is 10.9 Å². The van der Waals surface area contributed by atoms with Crippen LogP contribution in [-0.4, -0.2) is 35.7 Å². The van der Waals surface area contributed by atoms with Crippen molar-refractivity contribution in [1.29, 1.82) is 0 Å². The Bertz CT molecular complexity index is 1080. The summed E-state index contributed by atoms with van der Waals surface area (Å²) >= 11 is 3.53. The number of halogens is 1. The molecular formula is C24H28BrN3O4. The number of aromatic amines is 1. The van der Waals surface area contributed by atoms with Gasteiger partial charge in [-0.15, -0.1) is 0 Å². The maximum absolute atomic E-state index is 12.5. The first-order chi connectivity index (χ1) is 15.5. The van der Waals surface area contributed by atoms with E-state index in [4.69, 9.17) is 9.94 Å². The number of methoxy groups -OCH3 is 1. The van der Waals surface area contributed by atoms with Crippen molar-refractivity contribution < 1.29 is 19.5 Å². The summed E-state index contributed by atoms with van der Waals surface area (Å²) in [7, 11) is 1.61. The summed E-state index contributed by atoms with van der Waals surface area (Å²) in [4.78, 5) is 26.8. The third-order valence-electron chi connectivity index (χ3n) is 5.40. The number of hydrogen-bond acceptors (Lipinski definition) is 4. The van der Waals surface area contributed by atoms with Gasteiger partial charge in [0.2, 0.25) is 5.91 Å². The number of carbonyl (C=O) groups excluding carboxylic acids is 2. The highest BCUT2D eigenvalue weighted by atomic mass is 79.9. The van der Waals surface area contributed by atoms with Gasteiger partial charge < -0.3 is 15.0 Å². The largest absolute Gasteiger partial charge is 0.496 e. The van der Waals surface area contributed by atoms with E-state index < -0.39 is 0 Å². The molecule has 0 spiro atoms. The predicted molar refractivity (Wildman–Crippen MR) is 127 cm³/mol. The van der Waals surface area contributed by atoms with Gasteiger partial charge in [0.25, 0.3) is 5.91 Å². The van der Waals surface area contributed by atoms with E-state index in [0.717, 1.165) is 45.8 Å². The lowest BCUT2D eigenvalue weighted by atomic mass is 10.0. The molecule has 1 heterocycles. The fourth-order valence-corrected chi connectivity index (χ4v) is 4.02. The summed E-state index contributed by atoms with van der Waals surface area (Å²) in [5.41, 5.74) is 5.44. The molecule has 0 aliphatic heterocycles. The fourth-order valence-electron chi connectivity index (χ4n) is 3.66. The second kappa shape index (κ2) is 11.7. The molecule has 170 valence electrons. The van der Waals surface area contributed by atoms with Gasteiger partial charge >= 0.3 is 0 Å². The van der Waals surface area contributed by atoms with Crippen LogP contribution in [0.15, 0.2) is 47.1 Å². The van der Waals surface area contributed by atoms with Crippen LogP contribution in [0.5, 0.6) is 5.75 Å². The van der Waals surface area contributed by atoms with Gasteiger partial charge in [-0.25, -0.2) is 5.48 Å². The molecule has 4 N–H and O–H groups in total. The summed E-state index contributed by atoms with van der Waals surface area (Å²) < 4.78 is 6.60. The molecule has 0 atom stereocenters. The lowest BCUT2D eigenvalue weighted by Crippen LogP contribution is -2.24. The molecular weight excluding hydrogens is 474 g/mol. The predicted octanol–water partition coefficient (Wildman–Crippen LogP) is 4.72. The van der Waals surface area contributed by atoms with E-state index in [-0.39, 0.29) is 11.8 Å². The first-order valence-corrected chi connectivity index (χ1v) is 11.4. The number of aromatic nitrogens is 1. The second-order valence-corrected chi connectivity index (χ2v) is 8.58. The van der Waals surface area contributed by atoms with Crippen LogP contribution in [0.1, 0.15) is 53.6 Å². The summed E-state index contributed by atoms with van der Waals surface area (Å²) in [5.74, 6) is 0.183. The molecule has 3 rings (SSSR count). The van der Waals surface area contributed by atoms with Crippen molar-refractivity contribution in [3.05, 3.63) is 63.8 Å². The van der Waals surface area contributed by atoms with Crippen molar-refractivity contribution in [3.8, 4) is 5.75 Å². The van der Waals surface area contributed by atoms with Gasteiger partial charge in [-0.05, 0) is 54.3 Å². The van der Waals surface area contributed by atoms with Crippen molar-refractivity contribution >= 4 is 38.6 Å². The van der Waals surface area contributed by atoms with Crippen LogP contribution in [-0.2, 0) is 11.2 Å². The molecule has 2 aromatic carbocycles. The number of fused-ring (bicyclic) bond motifs is 1. The molecule has 0 bridgehead atoms. The van der Waals surface area contributed by atoms with Crippen LogP contribution in [0.3, 0.4) is 0 Å². The van der Waals surface area contributed by atoms with Gasteiger partial charge in [-0.1, -0.05) is 34.8 Å². The van der Waals surface area contributed by atoms with E-state index in [0.29, 0.717) is 37.1 Å². The molecule has 32 heavy (non-hydrogen) atoms. The van der Waals surface area contributed by atoms with E-state index in [9.17, 15) is 9.59 Å². The first kappa shape index (κ1) is 23.8. The number of amides is 2. The number of hydrogen-bond donors (Lipinski definition) is 4.